The summed E-state index contributed by atoms with van der Waals surface area (Å²) >= 11 is 0. The number of rotatable bonds is 9. The third-order valence-electron chi connectivity index (χ3n) is 6.28. The molecule has 2 aliphatic rings. The molecule has 166 valence electrons. The van der Waals surface area contributed by atoms with Crippen LogP contribution in [-0.2, 0) is 18.5 Å². The molecular formula is C23H32N6O2. The van der Waals surface area contributed by atoms with Gasteiger partial charge in [-0.2, -0.15) is 5.10 Å². The minimum atomic E-state index is -0.0320. The van der Waals surface area contributed by atoms with E-state index in [1.807, 2.05) is 6.07 Å². The summed E-state index contributed by atoms with van der Waals surface area (Å²) < 4.78 is 8.15. The highest BCUT2D eigenvalue weighted by atomic mass is 16.5. The molecule has 1 saturated heterocycles. The fraction of sp³-hybridized carbons (Fsp3) is 0.565. The van der Waals surface area contributed by atoms with Gasteiger partial charge in [0.1, 0.15) is 11.5 Å². The molecule has 0 unspecified atom stereocenters. The molecule has 0 aromatic carbocycles. The number of unbranched alkanes of at least 4 members (excludes halogenated alkanes) is 1. The van der Waals surface area contributed by atoms with E-state index in [2.05, 4.69) is 41.1 Å². The molecule has 2 aromatic heterocycles. The molecule has 2 N–H and O–H groups in total. The van der Waals surface area contributed by atoms with Crippen LogP contribution in [0, 0.1) is 0 Å². The van der Waals surface area contributed by atoms with Crippen LogP contribution in [0.1, 0.15) is 74.3 Å². The van der Waals surface area contributed by atoms with Crippen LogP contribution in [0.15, 0.2) is 17.3 Å². The van der Waals surface area contributed by atoms with Crippen LogP contribution in [0.25, 0.3) is 0 Å². The van der Waals surface area contributed by atoms with Crippen LogP contribution in [-0.4, -0.2) is 46.1 Å². The number of aromatic nitrogens is 3. The Morgan fingerprint density at radius 3 is 2.71 bits per heavy atom. The average molecular weight is 425 g/mol. The molecule has 2 aliphatic heterocycles. The van der Waals surface area contributed by atoms with Crippen molar-refractivity contribution < 1.29 is 9.53 Å². The number of aliphatic imine (C=N–C) groups is 1. The van der Waals surface area contributed by atoms with Gasteiger partial charge in [-0.05, 0) is 32.3 Å². The quantitative estimate of drug-likeness (QED) is 0.474. The summed E-state index contributed by atoms with van der Waals surface area (Å²) in [7, 11) is 0. The highest BCUT2D eigenvalue weighted by Gasteiger charge is 2.41. The van der Waals surface area contributed by atoms with Crippen molar-refractivity contribution in [2.24, 2.45) is 4.99 Å². The van der Waals surface area contributed by atoms with Gasteiger partial charge in [-0.3, -0.25) is 14.5 Å². The molecule has 2 aromatic rings. The van der Waals surface area contributed by atoms with Crippen molar-refractivity contribution in [3.05, 3.63) is 34.8 Å². The van der Waals surface area contributed by atoms with Crippen molar-refractivity contribution in [2.75, 3.05) is 25.0 Å². The summed E-state index contributed by atoms with van der Waals surface area (Å²) in [6.45, 7) is 11.0. The van der Waals surface area contributed by atoms with Gasteiger partial charge in [0.05, 0.1) is 35.6 Å². The third-order valence-corrected chi connectivity index (χ3v) is 6.28. The van der Waals surface area contributed by atoms with Crippen LogP contribution in [0.4, 0.5) is 5.69 Å². The number of anilines is 1. The molecule has 31 heavy (non-hydrogen) atoms. The number of ether oxygens (including phenoxy) is 1. The monoisotopic (exact) mass is 424 g/mol. The highest BCUT2D eigenvalue weighted by Crippen LogP contribution is 2.35. The zero-order valence-corrected chi connectivity index (χ0v) is 18.9. The number of hydrogen-bond donors (Lipinski definition) is 2. The Morgan fingerprint density at radius 1 is 1.29 bits per heavy atom. The van der Waals surface area contributed by atoms with E-state index in [0.29, 0.717) is 30.4 Å². The molecule has 8 heteroatoms. The Bertz CT molecular complexity index is 1000. The molecule has 0 aliphatic carbocycles. The Labute approximate surface area is 183 Å². The molecule has 4 rings (SSSR count). The minimum Gasteiger partial charge on any atom is -0.477 e. The Balaban J connectivity index is 1.69. The van der Waals surface area contributed by atoms with Gasteiger partial charge in [0, 0.05) is 24.8 Å². The van der Waals surface area contributed by atoms with E-state index < -0.39 is 0 Å². The molecular weight excluding hydrogens is 392 g/mol. The van der Waals surface area contributed by atoms with Crippen LogP contribution in [0.5, 0.6) is 5.88 Å². The fourth-order valence-electron chi connectivity index (χ4n) is 4.15. The minimum absolute atomic E-state index is 0.0320. The average Bonchev–Trinajstić information content (AvgIpc) is 3.11. The smallest absolute Gasteiger partial charge is 0.224 e. The number of nitrogens with zero attached hydrogens (tertiary/aromatic N) is 4. The van der Waals surface area contributed by atoms with Crippen molar-refractivity contribution in [3.8, 4) is 5.88 Å². The largest absolute Gasteiger partial charge is 0.477 e. The van der Waals surface area contributed by atoms with E-state index in [1.54, 1.807) is 13.1 Å². The van der Waals surface area contributed by atoms with Crippen LogP contribution >= 0.6 is 0 Å². The lowest BCUT2D eigenvalue weighted by Gasteiger charge is -2.43. The maximum Gasteiger partial charge on any atom is 0.224 e. The lowest BCUT2D eigenvalue weighted by molar-refractivity contribution is 0.101. The van der Waals surface area contributed by atoms with Gasteiger partial charge in [0.15, 0.2) is 5.78 Å². The van der Waals surface area contributed by atoms with Gasteiger partial charge in [-0.15, -0.1) is 0 Å². The van der Waals surface area contributed by atoms with Crippen molar-refractivity contribution >= 4 is 17.3 Å². The topological polar surface area (TPSA) is 93.4 Å². The van der Waals surface area contributed by atoms with Crippen LogP contribution in [0.3, 0.4) is 0 Å². The Morgan fingerprint density at radius 2 is 2.10 bits per heavy atom. The second kappa shape index (κ2) is 8.78. The zero-order valence-electron chi connectivity index (χ0n) is 18.9. The van der Waals surface area contributed by atoms with Gasteiger partial charge in [-0.1, -0.05) is 27.2 Å². The number of carbonyl (C=O) groups is 1. The molecule has 0 atom stereocenters. The van der Waals surface area contributed by atoms with E-state index in [-0.39, 0.29) is 11.3 Å². The lowest BCUT2D eigenvalue weighted by Crippen LogP contribution is -2.61. The summed E-state index contributed by atoms with van der Waals surface area (Å²) in [6.07, 6.45) is 5.46. The molecule has 0 bridgehead atoms. The number of carbonyl (C=O) groups excluding carboxylic acids is 1. The first-order valence-corrected chi connectivity index (χ1v) is 11.3. The number of pyridine rings is 1. The molecule has 1 fully saturated rings. The van der Waals surface area contributed by atoms with Gasteiger partial charge < -0.3 is 15.4 Å². The number of hydrogen-bond acceptors (Lipinski definition) is 7. The van der Waals surface area contributed by atoms with E-state index in [0.717, 1.165) is 55.7 Å². The number of nitrogens with one attached hydrogen (secondary N) is 2. The van der Waals surface area contributed by atoms with Crippen molar-refractivity contribution in [2.45, 2.75) is 65.5 Å². The third kappa shape index (κ3) is 3.84. The normalized spacial score (nSPS) is 16.7. The van der Waals surface area contributed by atoms with E-state index in [1.165, 1.54) is 5.69 Å². The van der Waals surface area contributed by atoms with E-state index in [9.17, 15) is 4.79 Å². The zero-order chi connectivity index (χ0) is 22.0. The molecule has 4 heterocycles. The molecule has 0 amide bonds. The molecule has 0 spiro atoms. The summed E-state index contributed by atoms with van der Waals surface area (Å²) in [5.74, 6) is 1.16. The summed E-state index contributed by atoms with van der Waals surface area (Å²) in [5.41, 5.74) is 4.49. The van der Waals surface area contributed by atoms with Crippen LogP contribution in [0.2, 0.25) is 0 Å². The van der Waals surface area contributed by atoms with Crippen molar-refractivity contribution in [1.82, 2.24) is 20.1 Å². The highest BCUT2D eigenvalue weighted by molar-refractivity contribution is 6.12. The maximum absolute atomic E-state index is 12.0. The number of amidine groups is 1. The number of ketones is 1. The molecule has 0 radical (unpaired) electrons. The second-order valence-electron chi connectivity index (χ2n) is 8.34. The standard InChI is InChI=1S/C23H32N6O2/c1-5-8-9-31-22-17(10-16(11-26-22)15(4)30)21-25-12-18-20(27-21)19(6-2)29(28-18)23(7-3)13-24-14-23/h10-11,24H,5-9,12-14H2,1-4H3,(H,25,27). The first kappa shape index (κ1) is 21.5. The predicted octanol–water partition coefficient (Wildman–Crippen LogP) is 3.30. The summed E-state index contributed by atoms with van der Waals surface area (Å²) in [6, 6.07) is 1.83. The lowest BCUT2D eigenvalue weighted by atomic mass is 9.89. The van der Waals surface area contributed by atoms with Gasteiger partial charge in [-0.25, -0.2) is 4.98 Å². The van der Waals surface area contributed by atoms with Crippen LogP contribution < -0.4 is 15.4 Å². The van der Waals surface area contributed by atoms with Crippen molar-refractivity contribution in [3.63, 3.8) is 0 Å². The van der Waals surface area contributed by atoms with E-state index >= 15 is 0 Å². The summed E-state index contributed by atoms with van der Waals surface area (Å²) in [4.78, 5) is 21.2. The second-order valence-corrected chi connectivity index (χ2v) is 8.34. The first-order chi connectivity index (χ1) is 15.0. The maximum atomic E-state index is 12.0. The Kier molecular flexibility index (Phi) is 6.09. The summed E-state index contributed by atoms with van der Waals surface area (Å²) in [5, 5.41) is 11.9. The number of fused-ring (bicyclic) bond motifs is 1. The SMILES string of the molecule is CCCCOc1ncc(C(C)=O)cc1C1=NCc2nn(C3(CC)CNC3)c(CC)c2N1. The Hall–Kier alpha value is -2.74. The van der Waals surface area contributed by atoms with Crippen molar-refractivity contribution in [1.29, 1.82) is 0 Å². The van der Waals surface area contributed by atoms with E-state index in [4.69, 9.17) is 14.8 Å². The molecule has 8 nitrogen and oxygen atoms in total. The van der Waals surface area contributed by atoms with Gasteiger partial charge in [0.2, 0.25) is 5.88 Å². The van der Waals surface area contributed by atoms with Gasteiger partial charge in [0.25, 0.3) is 0 Å². The first-order valence-electron chi connectivity index (χ1n) is 11.3. The van der Waals surface area contributed by atoms with Gasteiger partial charge >= 0.3 is 0 Å². The fourth-order valence-corrected chi connectivity index (χ4v) is 4.15. The predicted molar refractivity (Wildman–Crippen MR) is 121 cm³/mol. The number of Topliss-reactive ketones (excluding diaryl/α,β-unsaturated/α-hetero) is 1. The molecule has 0 saturated carbocycles.